The summed E-state index contributed by atoms with van der Waals surface area (Å²) in [5, 5.41) is 12.8. The van der Waals surface area contributed by atoms with Gasteiger partial charge < -0.3 is 45.6 Å². The highest BCUT2D eigenvalue weighted by molar-refractivity contribution is 7.89. The van der Waals surface area contributed by atoms with E-state index in [4.69, 9.17) is 4.74 Å². The molecule has 0 atom stereocenters. The molecule has 5 aliphatic rings. The molecule has 9 aromatic rings. The Morgan fingerprint density at radius 2 is 0.866 bits per heavy atom. The second kappa shape index (κ2) is 38.3. The molecule has 26 heteroatoms. The Balaban J connectivity index is 0.000000156. The topological polar surface area (TPSA) is 266 Å². The zero-order valence-corrected chi connectivity index (χ0v) is 66.4. The zero-order valence-electron chi connectivity index (χ0n) is 65.6. The fourth-order valence-corrected chi connectivity index (χ4v) is 17.1. The lowest BCUT2D eigenvalue weighted by Crippen LogP contribution is -2.47. The average Bonchev–Trinajstić information content (AvgIpc) is 1.60. The van der Waals surface area contributed by atoms with E-state index >= 15 is 0 Å². The van der Waals surface area contributed by atoms with E-state index in [1.54, 1.807) is 23.5 Å². The molecule has 7 heterocycles. The summed E-state index contributed by atoms with van der Waals surface area (Å²) in [6.45, 7) is 23.4. The second-order valence-corrected chi connectivity index (χ2v) is 32.1. The lowest BCUT2D eigenvalue weighted by atomic mass is 9.89. The van der Waals surface area contributed by atoms with Crippen LogP contribution in [0.2, 0.25) is 0 Å². The van der Waals surface area contributed by atoms with Gasteiger partial charge in [-0.15, -0.1) is 0 Å². The Labute approximate surface area is 656 Å². The Bertz CT molecular complexity index is 4990. The van der Waals surface area contributed by atoms with Crippen LogP contribution in [0.1, 0.15) is 109 Å². The van der Waals surface area contributed by atoms with Gasteiger partial charge in [-0.25, -0.2) is 27.5 Å². The molecule has 6 aromatic carbocycles. The van der Waals surface area contributed by atoms with E-state index < -0.39 is 10.0 Å². The summed E-state index contributed by atoms with van der Waals surface area (Å²) in [6, 6.07) is 52.3. The van der Waals surface area contributed by atoms with Crippen molar-refractivity contribution in [2.45, 2.75) is 99.7 Å². The third-order valence-corrected chi connectivity index (χ3v) is 22.9. The largest absolute Gasteiger partial charge is 0.378 e. The maximum Gasteiger partial charge on any atom is 0.333 e. The maximum atomic E-state index is 14.4. The van der Waals surface area contributed by atoms with Crippen molar-refractivity contribution in [1.29, 1.82) is 0 Å². The van der Waals surface area contributed by atoms with Crippen LogP contribution in [0, 0.1) is 31.6 Å². The number of ether oxygens (including phenoxy) is 1. The molecule has 4 amide bonds. The van der Waals surface area contributed by atoms with E-state index in [-0.39, 0.29) is 90.2 Å². The molecule has 0 radical (unpaired) electrons. The minimum Gasteiger partial charge on any atom is -0.378 e. The first-order valence-electron chi connectivity index (χ1n) is 39.8. The van der Waals surface area contributed by atoms with Crippen LogP contribution in [0.25, 0.3) is 50.8 Å². The quantitative estimate of drug-likeness (QED) is 0.0401. The molecule has 3 aromatic heterocycles. The molecule has 1 aliphatic carbocycles. The number of anilines is 1. The van der Waals surface area contributed by atoms with Crippen molar-refractivity contribution in [3.8, 4) is 50.8 Å². The molecule has 14 rings (SSSR count). The molecule has 594 valence electrons. The summed E-state index contributed by atoms with van der Waals surface area (Å²) in [5.41, 5.74) is 9.62. The molecule has 0 bridgehead atoms. The van der Waals surface area contributed by atoms with Crippen LogP contribution in [0.15, 0.2) is 178 Å². The van der Waals surface area contributed by atoms with Gasteiger partial charge in [0.05, 0.1) is 53.1 Å². The van der Waals surface area contributed by atoms with E-state index in [1.165, 1.54) is 28.4 Å². The van der Waals surface area contributed by atoms with Crippen molar-refractivity contribution in [3.63, 3.8) is 0 Å². The number of nitrogens with zero attached hydrogens (tertiary/aromatic N) is 10. The molecule has 0 unspecified atom stereocenters. The molecular weight excluding hydrogens is 1440 g/mol. The Hall–Kier alpha value is -10.2. The summed E-state index contributed by atoms with van der Waals surface area (Å²) in [5.74, 6) is 0.0871. The summed E-state index contributed by atoms with van der Waals surface area (Å²) in [4.78, 5) is 105. The number of piperazine rings is 3. The normalized spacial score (nSPS) is 15.7. The number of hydrogen-bond donors (Lipinski definition) is 5. The Morgan fingerprint density at radius 1 is 0.464 bits per heavy atom. The van der Waals surface area contributed by atoms with Gasteiger partial charge in [0.15, 0.2) is 0 Å². The smallest absolute Gasteiger partial charge is 0.333 e. The van der Waals surface area contributed by atoms with Crippen LogP contribution in [-0.2, 0) is 39.2 Å². The maximum absolute atomic E-state index is 14.4. The predicted octanol–water partition coefficient (Wildman–Crippen LogP) is 8.83. The molecule has 4 aliphatic heterocycles. The monoisotopic (exact) mass is 1540 g/mol. The SMILES string of the molecule is Cc1ccccc1-n1c(-c2ccccc2)c(C(=O)N2CCNCC2)n(CCNC(=O)CC(C)C)c1=O.Cc1ccccc1-n1c(-c2ccccc2)c(C(=O)N2CCNCC2)n(CCNS(=O)(=O)CC(C)C)c1=O.O=C(c1c(-c2ccccc2)n(-c2cccc(N3CCOCC3)c2)c(=O)n1CC1CCCCC1)N1CCNCC1. The van der Waals surface area contributed by atoms with Gasteiger partial charge in [0.1, 0.15) is 17.1 Å². The van der Waals surface area contributed by atoms with Gasteiger partial charge in [0.2, 0.25) is 15.9 Å². The van der Waals surface area contributed by atoms with E-state index in [1.807, 2.05) is 203 Å². The highest BCUT2D eigenvalue weighted by atomic mass is 32.2. The number of aryl methyl sites for hydroxylation is 2. The van der Waals surface area contributed by atoms with Crippen LogP contribution in [0.4, 0.5) is 5.69 Å². The van der Waals surface area contributed by atoms with Crippen LogP contribution < -0.4 is 48.0 Å². The van der Waals surface area contributed by atoms with Crippen molar-refractivity contribution in [1.82, 2.24) is 68.1 Å². The number of amides is 4. The van der Waals surface area contributed by atoms with Gasteiger partial charge in [-0.2, -0.15) is 0 Å². The summed E-state index contributed by atoms with van der Waals surface area (Å²) < 4.78 is 42.9. The number of carbonyl (C=O) groups excluding carboxylic acids is 4. The van der Waals surface area contributed by atoms with Crippen molar-refractivity contribution in [3.05, 3.63) is 223 Å². The number of sulfonamides is 1. The number of para-hydroxylation sites is 2. The third kappa shape index (κ3) is 19.4. The van der Waals surface area contributed by atoms with E-state index in [0.717, 1.165) is 83.9 Å². The number of aromatic nitrogens is 6. The fourth-order valence-electron chi connectivity index (χ4n) is 15.7. The molecule has 112 heavy (non-hydrogen) atoms. The molecule has 25 nitrogen and oxygen atoms in total. The van der Waals surface area contributed by atoms with Crippen molar-refractivity contribution in [2.24, 2.45) is 17.8 Å². The van der Waals surface area contributed by atoms with Gasteiger partial charge in [0, 0.05) is 153 Å². The standard InChI is InChI=1S/C31H39N5O3.C28H35N5O3.C27H35N5O4S/c37-30(34-16-14-32-15-17-34)29-28(25-10-5-2-6-11-25)36(31(38)35(29)23-24-8-3-1-4-9-24)27-13-7-12-26(22-27)33-18-20-39-21-19-33;1-20(2)19-24(34)30-15-18-32-26(27(35)31-16-13-29-14-17-31)25(22-10-5-4-6-11-22)33(28(32)36)23-12-8-7-9-21(23)3;1-20(2)19-37(35,36)29-15-18-31-25(26(33)30-16-13-28-14-17-30)24(22-10-5-4-6-11-22)32(27(31)34)23-12-8-7-9-21(23)3/h2,5-7,10-13,22,24,32H,1,3-4,8-9,14-21,23H2;4-12,20,29H,13-19H2,1-3H3,(H,30,34);4-12,20,28-29H,13-19H2,1-3H3. The predicted molar refractivity (Wildman–Crippen MR) is 441 cm³/mol. The second-order valence-electron chi connectivity index (χ2n) is 30.3. The number of hydrogen-bond acceptors (Lipinski definition) is 14. The number of benzene rings is 6. The first kappa shape index (κ1) is 81.3. The van der Waals surface area contributed by atoms with Gasteiger partial charge in [-0.05, 0) is 85.9 Å². The van der Waals surface area contributed by atoms with Gasteiger partial charge in [-0.1, -0.05) is 180 Å². The summed E-state index contributed by atoms with van der Waals surface area (Å²) in [6.07, 6.45) is 6.25. The molecule has 4 saturated heterocycles. The lowest BCUT2D eigenvalue weighted by Gasteiger charge is -2.29. The summed E-state index contributed by atoms with van der Waals surface area (Å²) in [7, 11) is -3.51. The highest BCUT2D eigenvalue weighted by Crippen LogP contribution is 2.35. The van der Waals surface area contributed by atoms with Gasteiger partial charge >= 0.3 is 17.1 Å². The van der Waals surface area contributed by atoms with E-state index in [0.29, 0.717) is 132 Å². The molecule has 5 N–H and O–H groups in total. The minimum absolute atomic E-state index is 0.00279. The number of morpholine rings is 1. The van der Waals surface area contributed by atoms with Gasteiger partial charge in [-0.3, -0.25) is 46.6 Å². The molecule has 1 saturated carbocycles. The molecular formula is C86H109N15O10S. The molecule has 0 spiro atoms. The van der Waals surface area contributed by atoms with Crippen LogP contribution in [-0.4, -0.2) is 198 Å². The number of nitrogens with one attached hydrogen (secondary N) is 5. The van der Waals surface area contributed by atoms with Crippen LogP contribution >= 0.6 is 0 Å². The van der Waals surface area contributed by atoms with E-state index in [2.05, 4.69) is 43.0 Å². The van der Waals surface area contributed by atoms with Crippen molar-refractivity contribution < 1.29 is 32.3 Å². The molecule has 5 fully saturated rings. The number of rotatable bonds is 23. The summed E-state index contributed by atoms with van der Waals surface area (Å²) >= 11 is 0. The first-order chi connectivity index (χ1) is 54.3. The first-order valence-corrected chi connectivity index (χ1v) is 41.5. The van der Waals surface area contributed by atoms with Crippen molar-refractivity contribution >= 4 is 39.3 Å². The Kier molecular flexibility index (Phi) is 27.8. The van der Waals surface area contributed by atoms with E-state index in [9.17, 15) is 42.0 Å². The van der Waals surface area contributed by atoms with Crippen LogP contribution in [0.3, 0.4) is 0 Å². The average molecular weight is 1540 g/mol. The van der Waals surface area contributed by atoms with Crippen LogP contribution in [0.5, 0.6) is 0 Å². The fraction of sp³-hybridized carbons (Fsp3) is 0.430. The minimum atomic E-state index is -3.51. The number of imidazole rings is 3. The van der Waals surface area contributed by atoms with Gasteiger partial charge in [0.25, 0.3) is 17.7 Å². The highest BCUT2D eigenvalue weighted by Gasteiger charge is 2.36. The third-order valence-electron chi connectivity index (χ3n) is 21.2. The zero-order chi connectivity index (χ0) is 78.8. The Morgan fingerprint density at radius 3 is 1.30 bits per heavy atom. The lowest BCUT2D eigenvalue weighted by molar-refractivity contribution is -0.121. The van der Waals surface area contributed by atoms with Crippen molar-refractivity contribution in [2.75, 3.05) is 129 Å². The number of carbonyl (C=O) groups is 4.